The summed E-state index contributed by atoms with van der Waals surface area (Å²) in [7, 11) is 3.39. The number of nitrogens with zero attached hydrogens (tertiary/aromatic N) is 3. The molecule has 148 valence electrons. The molecule has 7 nitrogen and oxygen atoms in total. The van der Waals surface area contributed by atoms with E-state index < -0.39 is 5.97 Å². The number of rotatable bonds is 4. The van der Waals surface area contributed by atoms with Crippen molar-refractivity contribution in [3.05, 3.63) is 59.2 Å². The molecule has 1 aromatic carbocycles. The van der Waals surface area contributed by atoms with Gasteiger partial charge in [0.05, 0.1) is 31.2 Å². The Morgan fingerprint density at radius 2 is 2.07 bits per heavy atom. The lowest BCUT2D eigenvalue weighted by Crippen LogP contribution is -2.06. The van der Waals surface area contributed by atoms with Crippen LogP contribution in [0.1, 0.15) is 27.4 Å². The standard InChI is InChI=1S/C13H15N3O.C7H9NO2S/c1-17-11-4-2-10(3-5-11)9-16-13-6-7-14-12(13)8-15-16;1-4-6(11)3-5(7(9)10)8(4)2/h2-5,8,14H,6-7,9H2,1H3;3,11H,1-2H3,(H,9,10). The van der Waals surface area contributed by atoms with Gasteiger partial charge in [0.25, 0.3) is 0 Å². The number of hydrogen-bond acceptors (Lipinski definition) is 5. The molecule has 3 aromatic rings. The number of anilines is 1. The lowest BCUT2D eigenvalue weighted by atomic mass is 10.2. The van der Waals surface area contributed by atoms with E-state index in [2.05, 4.69) is 39.9 Å². The van der Waals surface area contributed by atoms with E-state index in [-0.39, 0.29) is 5.69 Å². The van der Waals surface area contributed by atoms with Crippen molar-refractivity contribution in [3.63, 3.8) is 0 Å². The largest absolute Gasteiger partial charge is 0.497 e. The normalized spacial score (nSPS) is 12.0. The Balaban J connectivity index is 0.000000178. The molecule has 0 aliphatic carbocycles. The molecule has 0 atom stereocenters. The van der Waals surface area contributed by atoms with Gasteiger partial charge in [-0.05, 0) is 30.7 Å². The van der Waals surface area contributed by atoms with Crippen molar-refractivity contribution >= 4 is 24.3 Å². The Bertz CT molecular complexity index is 976. The number of aromatic carboxylic acids is 1. The van der Waals surface area contributed by atoms with Crippen LogP contribution in [-0.2, 0) is 20.0 Å². The zero-order valence-corrected chi connectivity index (χ0v) is 17.0. The van der Waals surface area contributed by atoms with Crippen molar-refractivity contribution in [2.45, 2.75) is 24.8 Å². The van der Waals surface area contributed by atoms with Gasteiger partial charge in [-0.2, -0.15) is 5.10 Å². The topological polar surface area (TPSA) is 81.3 Å². The Hall–Kier alpha value is -2.87. The molecule has 0 unspecified atom stereocenters. The zero-order chi connectivity index (χ0) is 20.3. The summed E-state index contributed by atoms with van der Waals surface area (Å²) in [5.41, 5.74) is 4.86. The lowest BCUT2D eigenvalue weighted by Gasteiger charge is -2.06. The predicted molar refractivity (Wildman–Crippen MR) is 111 cm³/mol. The first-order chi connectivity index (χ1) is 13.4. The number of carboxylic acids is 1. The number of benzene rings is 1. The van der Waals surface area contributed by atoms with E-state index in [0.29, 0.717) is 4.90 Å². The first kappa shape index (κ1) is 19.9. The van der Waals surface area contributed by atoms with Gasteiger partial charge in [0.1, 0.15) is 11.4 Å². The molecular formula is C20H24N4O3S. The number of aromatic nitrogens is 3. The molecule has 4 rings (SSSR count). The van der Waals surface area contributed by atoms with Gasteiger partial charge in [-0.25, -0.2) is 4.79 Å². The number of carbonyl (C=O) groups is 1. The van der Waals surface area contributed by atoms with E-state index in [9.17, 15) is 4.79 Å². The number of methoxy groups -OCH3 is 1. The Kier molecular flexibility index (Phi) is 5.99. The highest BCUT2D eigenvalue weighted by molar-refractivity contribution is 7.80. The van der Waals surface area contributed by atoms with E-state index in [1.807, 2.05) is 25.3 Å². The molecule has 0 saturated carbocycles. The summed E-state index contributed by atoms with van der Waals surface area (Å²) in [5, 5.41) is 16.4. The third-order valence-corrected chi connectivity index (χ3v) is 5.30. The Labute approximate surface area is 169 Å². The summed E-state index contributed by atoms with van der Waals surface area (Å²) in [4.78, 5) is 11.2. The van der Waals surface area contributed by atoms with Crippen molar-refractivity contribution in [1.29, 1.82) is 0 Å². The smallest absolute Gasteiger partial charge is 0.352 e. The van der Waals surface area contributed by atoms with Gasteiger partial charge in [-0.15, -0.1) is 12.6 Å². The minimum Gasteiger partial charge on any atom is -0.497 e. The van der Waals surface area contributed by atoms with Crippen LogP contribution in [0.25, 0.3) is 0 Å². The lowest BCUT2D eigenvalue weighted by molar-refractivity contribution is 0.0686. The number of nitrogens with one attached hydrogen (secondary N) is 1. The minimum atomic E-state index is -0.920. The molecule has 2 aromatic heterocycles. The summed E-state index contributed by atoms with van der Waals surface area (Å²) < 4.78 is 8.81. The summed E-state index contributed by atoms with van der Waals surface area (Å²) in [6.45, 7) is 3.67. The number of ether oxygens (including phenoxy) is 1. The molecule has 1 aliphatic rings. The van der Waals surface area contributed by atoms with Crippen molar-refractivity contribution in [3.8, 4) is 5.75 Å². The van der Waals surface area contributed by atoms with Crippen LogP contribution in [0, 0.1) is 6.92 Å². The van der Waals surface area contributed by atoms with Crippen molar-refractivity contribution in [2.75, 3.05) is 19.0 Å². The second-order valence-electron chi connectivity index (χ2n) is 6.55. The van der Waals surface area contributed by atoms with Crippen molar-refractivity contribution in [2.24, 2.45) is 7.05 Å². The fourth-order valence-electron chi connectivity index (χ4n) is 3.07. The molecule has 0 bridgehead atoms. The molecule has 0 fully saturated rings. The maximum absolute atomic E-state index is 10.5. The van der Waals surface area contributed by atoms with Crippen LogP contribution in [-0.4, -0.2) is 39.1 Å². The second-order valence-corrected chi connectivity index (χ2v) is 7.03. The third kappa shape index (κ3) is 4.17. The molecule has 0 spiro atoms. The van der Waals surface area contributed by atoms with Crippen LogP contribution >= 0.6 is 12.6 Å². The van der Waals surface area contributed by atoms with Crippen molar-refractivity contribution < 1.29 is 14.6 Å². The van der Waals surface area contributed by atoms with Crippen LogP contribution in [0.5, 0.6) is 5.75 Å². The van der Waals surface area contributed by atoms with E-state index in [4.69, 9.17) is 9.84 Å². The van der Waals surface area contributed by atoms with Crippen LogP contribution < -0.4 is 10.1 Å². The molecule has 8 heteroatoms. The SMILES string of the molecule is COc1ccc(Cn2ncc3c2CCN3)cc1.Cc1c(S)cc(C(=O)O)n1C. The predicted octanol–water partition coefficient (Wildman–Crippen LogP) is 3.23. The van der Waals surface area contributed by atoms with E-state index in [1.54, 1.807) is 24.8 Å². The van der Waals surface area contributed by atoms with Gasteiger partial charge in [0.2, 0.25) is 0 Å². The molecule has 3 heterocycles. The number of fused-ring (bicyclic) bond motifs is 1. The van der Waals surface area contributed by atoms with E-state index >= 15 is 0 Å². The quantitative estimate of drug-likeness (QED) is 0.586. The van der Waals surface area contributed by atoms with Crippen molar-refractivity contribution in [1.82, 2.24) is 14.3 Å². The van der Waals surface area contributed by atoms with E-state index in [0.717, 1.165) is 31.0 Å². The summed E-state index contributed by atoms with van der Waals surface area (Å²) in [6, 6.07) is 9.67. The third-order valence-electron chi connectivity index (χ3n) is 4.85. The van der Waals surface area contributed by atoms with Gasteiger partial charge in [-0.3, -0.25) is 4.68 Å². The van der Waals surface area contributed by atoms with E-state index in [1.165, 1.54) is 16.9 Å². The highest BCUT2D eigenvalue weighted by Gasteiger charge is 2.15. The fraction of sp³-hybridized carbons (Fsp3) is 0.300. The zero-order valence-electron chi connectivity index (χ0n) is 16.1. The maximum Gasteiger partial charge on any atom is 0.352 e. The molecule has 28 heavy (non-hydrogen) atoms. The van der Waals surface area contributed by atoms with Gasteiger partial charge in [0, 0.05) is 30.6 Å². The van der Waals surface area contributed by atoms with Gasteiger partial charge in [-0.1, -0.05) is 12.1 Å². The average molecular weight is 401 g/mol. The van der Waals surface area contributed by atoms with Crippen LogP contribution in [0.4, 0.5) is 5.69 Å². The minimum absolute atomic E-state index is 0.271. The van der Waals surface area contributed by atoms with Crippen LogP contribution in [0.2, 0.25) is 0 Å². The molecule has 2 N–H and O–H groups in total. The maximum atomic E-state index is 10.5. The van der Waals surface area contributed by atoms with Crippen LogP contribution in [0.3, 0.4) is 0 Å². The Morgan fingerprint density at radius 1 is 1.36 bits per heavy atom. The summed E-state index contributed by atoms with van der Waals surface area (Å²) in [5.74, 6) is -0.0305. The first-order valence-corrected chi connectivity index (χ1v) is 9.35. The summed E-state index contributed by atoms with van der Waals surface area (Å²) in [6.07, 6.45) is 2.97. The molecule has 0 radical (unpaired) electrons. The highest BCUT2D eigenvalue weighted by Crippen LogP contribution is 2.22. The Morgan fingerprint density at radius 3 is 2.61 bits per heavy atom. The highest BCUT2D eigenvalue weighted by atomic mass is 32.1. The average Bonchev–Trinajstić information content (AvgIpc) is 3.36. The van der Waals surface area contributed by atoms with Gasteiger partial charge in [0.15, 0.2) is 0 Å². The number of thiol groups is 1. The molecule has 0 amide bonds. The molecule has 1 aliphatic heterocycles. The van der Waals surface area contributed by atoms with Gasteiger partial charge < -0.3 is 19.7 Å². The summed E-state index contributed by atoms with van der Waals surface area (Å²) >= 11 is 4.10. The second kappa shape index (κ2) is 8.43. The van der Waals surface area contributed by atoms with Crippen LogP contribution in [0.15, 0.2) is 41.4 Å². The molecular weight excluding hydrogens is 376 g/mol. The monoisotopic (exact) mass is 400 g/mol. The van der Waals surface area contributed by atoms with Gasteiger partial charge >= 0.3 is 5.97 Å². The molecule has 0 saturated heterocycles. The number of hydrogen-bond donors (Lipinski definition) is 3. The number of carboxylic acid groups (broad SMARTS) is 1. The first-order valence-electron chi connectivity index (χ1n) is 8.90. The fourth-order valence-corrected chi connectivity index (χ4v) is 3.34.